The van der Waals surface area contributed by atoms with Crippen LogP contribution in [0.3, 0.4) is 0 Å². The summed E-state index contributed by atoms with van der Waals surface area (Å²) in [5, 5.41) is 11.5. The molecular weight excluding hydrogens is 216 g/mol. The van der Waals surface area contributed by atoms with Gasteiger partial charge in [-0.1, -0.05) is 12.1 Å². The van der Waals surface area contributed by atoms with Crippen molar-refractivity contribution in [2.75, 3.05) is 6.54 Å². The number of aryl methyl sites for hydroxylation is 2. The Labute approximate surface area is 101 Å². The molecule has 0 aromatic carbocycles. The number of hydrogen-bond donors (Lipinski definition) is 1. The Bertz CT molecular complexity index is 419. The van der Waals surface area contributed by atoms with Gasteiger partial charge < -0.3 is 9.88 Å². The first-order valence-corrected chi connectivity index (χ1v) is 5.94. The molecule has 0 saturated heterocycles. The number of hydrogen-bond acceptors (Lipinski definition) is 4. The lowest BCUT2D eigenvalue weighted by atomic mass is 10.4. The van der Waals surface area contributed by atoms with E-state index in [1.807, 2.05) is 21.6 Å². The van der Waals surface area contributed by atoms with Crippen LogP contribution in [-0.2, 0) is 19.6 Å². The number of aromatic nitrogens is 5. The van der Waals surface area contributed by atoms with Crippen LogP contribution in [0.25, 0.3) is 0 Å². The number of nitrogens with one attached hydrogen (secondary N) is 1. The van der Waals surface area contributed by atoms with Gasteiger partial charge in [-0.3, -0.25) is 4.68 Å². The van der Waals surface area contributed by atoms with Crippen molar-refractivity contribution in [3.63, 3.8) is 0 Å². The van der Waals surface area contributed by atoms with Gasteiger partial charge in [0.25, 0.3) is 0 Å². The molecule has 6 nitrogen and oxygen atoms in total. The summed E-state index contributed by atoms with van der Waals surface area (Å²) in [6.45, 7) is 5.64. The molecule has 0 unspecified atom stereocenters. The lowest BCUT2D eigenvalue weighted by Crippen LogP contribution is -2.14. The Kier molecular flexibility index (Phi) is 4.26. The van der Waals surface area contributed by atoms with E-state index in [2.05, 4.69) is 27.5 Å². The first kappa shape index (κ1) is 11.8. The van der Waals surface area contributed by atoms with Gasteiger partial charge in [0, 0.05) is 31.7 Å². The van der Waals surface area contributed by atoms with Crippen LogP contribution in [0, 0.1) is 0 Å². The first-order valence-electron chi connectivity index (χ1n) is 5.94. The third-order valence-electron chi connectivity index (χ3n) is 2.47. The molecule has 0 aliphatic rings. The summed E-state index contributed by atoms with van der Waals surface area (Å²) in [4.78, 5) is 4.00. The van der Waals surface area contributed by atoms with Gasteiger partial charge in [0.05, 0.1) is 18.6 Å². The van der Waals surface area contributed by atoms with Crippen molar-refractivity contribution in [2.45, 2.75) is 33.0 Å². The smallest absolute Gasteiger partial charge is 0.0964 e. The summed E-state index contributed by atoms with van der Waals surface area (Å²) in [5.41, 5.74) is 0.990. The molecular formula is C11H18N6. The Morgan fingerprint density at radius 1 is 1.35 bits per heavy atom. The Hall–Kier alpha value is -1.69. The predicted octanol–water partition coefficient (Wildman–Crippen LogP) is 0.674. The summed E-state index contributed by atoms with van der Waals surface area (Å²) in [7, 11) is 0. The highest BCUT2D eigenvalue weighted by Gasteiger charge is 2.00. The maximum atomic E-state index is 4.11. The van der Waals surface area contributed by atoms with Crippen molar-refractivity contribution in [3.8, 4) is 0 Å². The molecule has 0 saturated carbocycles. The molecule has 2 rings (SSSR count). The topological polar surface area (TPSA) is 60.6 Å². The van der Waals surface area contributed by atoms with Gasteiger partial charge >= 0.3 is 0 Å². The zero-order valence-electron chi connectivity index (χ0n) is 10.1. The average molecular weight is 234 g/mol. The zero-order valence-corrected chi connectivity index (χ0v) is 10.1. The van der Waals surface area contributed by atoms with Gasteiger partial charge in [-0.05, 0) is 13.0 Å². The number of imidazole rings is 1. The normalized spacial score (nSPS) is 10.9. The van der Waals surface area contributed by atoms with Gasteiger partial charge in [-0.25, -0.2) is 4.98 Å². The lowest BCUT2D eigenvalue weighted by Gasteiger charge is -2.01. The van der Waals surface area contributed by atoms with E-state index in [4.69, 9.17) is 0 Å². The zero-order chi connectivity index (χ0) is 11.9. The quantitative estimate of drug-likeness (QED) is 0.715. The van der Waals surface area contributed by atoms with Crippen LogP contribution >= 0.6 is 0 Å². The average Bonchev–Trinajstić information content (AvgIpc) is 2.98. The van der Waals surface area contributed by atoms with E-state index in [0.29, 0.717) is 0 Å². The van der Waals surface area contributed by atoms with Crippen LogP contribution in [0.4, 0.5) is 0 Å². The summed E-state index contributed by atoms with van der Waals surface area (Å²) >= 11 is 0. The van der Waals surface area contributed by atoms with Crippen molar-refractivity contribution in [1.82, 2.24) is 29.9 Å². The standard InChI is InChI=1S/C11H18N6/c1-2-3-12-8-11-9-17(15-14-11)7-6-16-5-4-13-10-16/h4-5,9-10,12H,2-3,6-8H2,1H3. The second-order valence-corrected chi connectivity index (χ2v) is 3.95. The SMILES string of the molecule is CCCNCc1cn(CCn2ccnc2)nn1. The van der Waals surface area contributed by atoms with E-state index in [1.54, 1.807) is 12.5 Å². The van der Waals surface area contributed by atoms with Crippen LogP contribution in [0.5, 0.6) is 0 Å². The minimum Gasteiger partial charge on any atom is -0.336 e. The molecule has 0 aliphatic carbocycles. The van der Waals surface area contributed by atoms with Crippen molar-refractivity contribution in [2.24, 2.45) is 0 Å². The largest absolute Gasteiger partial charge is 0.336 e. The molecule has 2 heterocycles. The molecule has 0 aliphatic heterocycles. The molecule has 6 heteroatoms. The highest BCUT2D eigenvalue weighted by atomic mass is 15.4. The summed E-state index contributed by atoms with van der Waals surface area (Å²) < 4.78 is 3.89. The van der Waals surface area contributed by atoms with E-state index in [-0.39, 0.29) is 0 Å². The van der Waals surface area contributed by atoms with E-state index < -0.39 is 0 Å². The van der Waals surface area contributed by atoms with E-state index in [0.717, 1.165) is 38.3 Å². The van der Waals surface area contributed by atoms with Crippen molar-refractivity contribution in [3.05, 3.63) is 30.6 Å². The molecule has 2 aromatic rings. The fourth-order valence-electron chi connectivity index (χ4n) is 1.56. The van der Waals surface area contributed by atoms with E-state index in [1.165, 1.54) is 0 Å². The third-order valence-corrected chi connectivity index (χ3v) is 2.47. The van der Waals surface area contributed by atoms with Crippen LogP contribution < -0.4 is 5.32 Å². The summed E-state index contributed by atoms with van der Waals surface area (Å²) in [6.07, 6.45) is 8.65. The predicted molar refractivity (Wildman–Crippen MR) is 64.2 cm³/mol. The molecule has 0 radical (unpaired) electrons. The number of nitrogens with zero attached hydrogens (tertiary/aromatic N) is 5. The molecule has 0 spiro atoms. The third kappa shape index (κ3) is 3.67. The maximum absolute atomic E-state index is 4.11. The lowest BCUT2D eigenvalue weighted by molar-refractivity contribution is 0.519. The molecule has 0 fully saturated rings. The van der Waals surface area contributed by atoms with Gasteiger partial charge in [0.2, 0.25) is 0 Å². The van der Waals surface area contributed by atoms with Gasteiger partial charge in [0.15, 0.2) is 0 Å². The summed E-state index contributed by atoms with van der Waals surface area (Å²) in [6, 6.07) is 0. The fraction of sp³-hybridized carbons (Fsp3) is 0.545. The second kappa shape index (κ2) is 6.15. The highest BCUT2D eigenvalue weighted by molar-refractivity contribution is 4.91. The first-order chi connectivity index (χ1) is 8.38. The van der Waals surface area contributed by atoms with Crippen LogP contribution in [-0.4, -0.2) is 31.1 Å². The minimum absolute atomic E-state index is 0.791. The van der Waals surface area contributed by atoms with Crippen molar-refractivity contribution in [1.29, 1.82) is 0 Å². The molecule has 2 aromatic heterocycles. The van der Waals surface area contributed by atoms with Gasteiger partial charge in [0.1, 0.15) is 0 Å². The Balaban J connectivity index is 1.77. The molecule has 0 bridgehead atoms. The van der Waals surface area contributed by atoms with Gasteiger partial charge in [-0.2, -0.15) is 0 Å². The maximum Gasteiger partial charge on any atom is 0.0964 e. The molecule has 17 heavy (non-hydrogen) atoms. The summed E-state index contributed by atoms with van der Waals surface area (Å²) in [5.74, 6) is 0. The molecule has 92 valence electrons. The minimum atomic E-state index is 0.791. The van der Waals surface area contributed by atoms with Crippen LogP contribution in [0.15, 0.2) is 24.9 Å². The fourth-order valence-corrected chi connectivity index (χ4v) is 1.56. The van der Waals surface area contributed by atoms with Crippen LogP contribution in [0.2, 0.25) is 0 Å². The Morgan fingerprint density at radius 2 is 2.29 bits per heavy atom. The molecule has 0 amide bonds. The van der Waals surface area contributed by atoms with E-state index in [9.17, 15) is 0 Å². The van der Waals surface area contributed by atoms with Crippen molar-refractivity contribution >= 4 is 0 Å². The van der Waals surface area contributed by atoms with E-state index >= 15 is 0 Å². The van der Waals surface area contributed by atoms with Gasteiger partial charge in [-0.15, -0.1) is 5.10 Å². The second-order valence-electron chi connectivity index (χ2n) is 3.95. The molecule has 1 N–H and O–H groups in total. The van der Waals surface area contributed by atoms with Crippen molar-refractivity contribution < 1.29 is 0 Å². The monoisotopic (exact) mass is 234 g/mol. The highest BCUT2D eigenvalue weighted by Crippen LogP contribution is 1.94. The van der Waals surface area contributed by atoms with Crippen LogP contribution in [0.1, 0.15) is 19.0 Å². The Morgan fingerprint density at radius 3 is 3.06 bits per heavy atom. The molecule has 0 atom stereocenters. The number of rotatable bonds is 7.